The van der Waals surface area contributed by atoms with Crippen molar-refractivity contribution in [2.24, 2.45) is 5.92 Å². The minimum Gasteiger partial charge on any atom is -0.340 e. The first-order chi connectivity index (χ1) is 9.34. The second-order valence-corrected chi connectivity index (χ2v) is 8.57. The summed E-state index contributed by atoms with van der Waals surface area (Å²) in [6.45, 7) is 1.36. The number of carbonyl (C=O) groups is 1. The monoisotopic (exact) mass is 304 g/mol. The maximum Gasteiger partial charge on any atom is 0.260 e. The topological polar surface area (TPSA) is 57.7 Å². The van der Waals surface area contributed by atoms with Crippen molar-refractivity contribution in [1.82, 2.24) is 9.21 Å². The van der Waals surface area contributed by atoms with Gasteiger partial charge in [0.2, 0.25) is 10.0 Å². The van der Waals surface area contributed by atoms with E-state index in [2.05, 4.69) is 0 Å². The van der Waals surface area contributed by atoms with Crippen LogP contribution in [0.1, 0.15) is 32.1 Å². The molecule has 3 aliphatic rings. The Morgan fingerprint density at radius 1 is 1.25 bits per heavy atom. The van der Waals surface area contributed by atoms with E-state index < -0.39 is 26.8 Å². The number of carbonyl (C=O) groups excluding carboxylic acids is 1. The lowest BCUT2D eigenvalue weighted by Crippen LogP contribution is -2.50. The van der Waals surface area contributed by atoms with Gasteiger partial charge in [0.25, 0.3) is 5.91 Å². The van der Waals surface area contributed by atoms with Gasteiger partial charge in [-0.1, -0.05) is 0 Å². The van der Waals surface area contributed by atoms with Crippen LogP contribution in [0, 0.1) is 5.92 Å². The van der Waals surface area contributed by atoms with Crippen molar-refractivity contribution in [1.29, 1.82) is 0 Å². The largest absolute Gasteiger partial charge is 0.340 e. The molecule has 5 nitrogen and oxygen atoms in total. The molecule has 0 spiro atoms. The lowest BCUT2D eigenvalue weighted by molar-refractivity contribution is -0.149. The van der Waals surface area contributed by atoms with Crippen LogP contribution in [0.25, 0.3) is 0 Å². The number of alkyl halides is 1. The molecule has 7 heteroatoms. The van der Waals surface area contributed by atoms with Gasteiger partial charge in [0.15, 0.2) is 5.67 Å². The molecular weight excluding hydrogens is 283 g/mol. The van der Waals surface area contributed by atoms with E-state index in [4.69, 9.17) is 0 Å². The minimum atomic E-state index is -3.22. The normalized spacial score (nSPS) is 36.0. The van der Waals surface area contributed by atoms with E-state index in [1.54, 1.807) is 11.9 Å². The van der Waals surface area contributed by atoms with Gasteiger partial charge in [0, 0.05) is 26.7 Å². The van der Waals surface area contributed by atoms with Gasteiger partial charge in [-0.05, 0) is 38.0 Å². The van der Waals surface area contributed by atoms with Gasteiger partial charge in [0.05, 0.1) is 5.25 Å². The molecule has 2 heterocycles. The fourth-order valence-corrected chi connectivity index (χ4v) is 5.57. The average molecular weight is 304 g/mol. The first-order valence-electron chi connectivity index (χ1n) is 7.28. The van der Waals surface area contributed by atoms with Gasteiger partial charge in [0.1, 0.15) is 0 Å². The predicted octanol–water partition coefficient (Wildman–Crippen LogP) is 0.761. The number of sulfonamides is 1. The molecule has 3 rings (SSSR count). The lowest BCUT2D eigenvalue weighted by atomic mass is 9.81. The zero-order valence-corrected chi connectivity index (χ0v) is 12.5. The van der Waals surface area contributed by atoms with E-state index in [1.165, 1.54) is 4.31 Å². The van der Waals surface area contributed by atoms with Crippen molar-refractivity contribution in [2.75, 3.05) is 26.7 Å². The molecule has 1 amide bonds. The summed E-state index contributed by atoms with van der Waals surface area (Å²) in [5.41, 5.74) is -1.67. The van der Waals surface area contributed by atoms with Gasteiger partial charge in [-0.15, -0.1) is 0 Å². The number of likely N-dealkylation sites (tertiary alicyclic amines) is 1. The summed E-state index contributed by atoms with van der Waals surface area (Å²) in [5.74, 6) is -0.353. The summed E-state index contributed by atoms with van der Waals surface area (Å²) >= 11 is 0. The van der Waals surface area contributed by atoms with E-state index in [9.17, 15) is 17.6 Å². The molecule has 0 unspecified atom stereocenters. The van der Waals surface area contributed by atoms with Crippen molar-refractivity contribution in [2.45, 2.75) is 43.0 Å². The molecule has 0 aromatic carbocycles. The highest BCUT2D eigenvalue weighted by Gasteiger charge is 2.50. The van der Waals surface area contributed by atoms with Crippen molar-refractivity contribution < 1.29 is 17.6 Å². The number of fused-ring (bicyclic) bond motifs is 1. The van der Waals surface area contributed by atoms with E-state index in [1.807, 2.05) is 0 Å². The molecular formula is C13H21FN2O3S. The minimum absolute atomic E-state index is 0.0692. The molecule has 0 radical (unpaired) electrons. The van der Waals surface area contributed by atoms with Crippen LogP contribution in [0.4, 0.5) is 4.39 Å². The molecule has 114 valence electrons. The SMILES string of the molecule is CN1C[C@H]2CCN(C(=O)C3(F)CCC3)CC[C@H]2S1(=O)=O. The molecule has 0 N–H and O–H groups in total. The lowest BCUT2D eigenvalue weighted by Gasteiger charge is -2.36. The van der Waals surface area contributed by atoms with Gasteiger partial charge in [-0.3, -0.25) is 4.79 Å². The Bertz CT molecular complexity index is 518. The highest BCUT2D eigenvalue weighted by Crippen LogP contribution is 2.39. The standard InChI is InChI=1S/C13H21FN2O3S/c1-15-9-10-3-7-16(8-4-11(10)20(15,18)19)12(17)13(14)5-2-6-13/h10-11H,2-9H2,1H3/t10-,11-/m1/s1. The Balaban J connectivity index is 1.72. The highest BCUT2D eigenvalue weighted by atomic mass is 32.2. The molecule has 0 aromatic rings. The molecule has 2 atom stereocenters. The smallest absolute Gasteiger partial charge is 0.260 e. The van der Waals surface area contributed by atoms with Crippen molar-refractivity contribution in [3.63, 3.8) is 0 Å². The molecule has 2 aliphatic heterocycles. The third kappa shape index (κ3) is 2.06. The average Bonchev–Trinajstić information content (AvgIpc) is 2.55. The summed E-state index contributed by atoms with van der Waals surface area (Å²) < 4.78 is 40.0. The van der Waals surface area contributed by atoms with Crippen LogP contribution in [0.5, 0.6) is 0 Å². The molecule has 1 saturated carbocycles. The van der Waals surface area contributed by atoms with Gasteiger partial charge >= 0.3 is 0 Å². The second-order valence-electron chi connectivity index (χ2n) is 6.31. The van der Waals surface area contributed by atoms with Crippen LogP contribution >= 0.6 is 0 Å². The third-order valence-electron chi connectivity index (χ3n) is 5.10. The third-order valence-corrected chi connectivity index (χ3v) is 7.51. The van der Waals surface area contributed by atoms with E-state index >= 15 is 0 Å². The summed E-state index contributed by atoms with van der Waals surface area (Å²) in [6, 6.07) is 0. The zero-order valence-electron chi connectivity index (χ0n) is 11.7. The summed E-state index contributed by atoms with van der Waals surface area (Å²) in [5, 5.41) is -0.401. The van der Waals surface area contributed by atoms with Gasteiger partial charge in [-0.25, -0.2) is 17.1 Å². The molecule has 0 aromatic heterocycles. The molecule has 3 fully saturated rings. The summed E-state index contributed by atoms with van der Waals surface area (Å²) in [4.78, 5) is 13.7. The van der Waals surface area contributed by atoms with Crippen molar-refractivity contribution in [3.8, 4) is 0 Å². The van der Waals surface area contributed by atoms with Crippen LogP contribution in [0.3, 0.4) is 0 Å². The fourth-order valence-electron chi connectivity index (χ4n) is 3.59. The quantitative estimate of drug-likeness (QED) is 0.719. The van der Waals surface area contributed by atoms with E-state index in [-0.39, 0.29) is 5.92 Å². The maximum absolute atomic E-state index is 14.2. The molecule has 20 heavy (non-hydrogen) atoms. The number of hydrogen-bond donors (Lipinski definition) is 0. The van der Waals surface area contributed by atoms with Crippen LogP contribution in [0.15, 0.2) is 0 Å². The number of nitrogens with zero attached hydrogens (tertiary/aromatic N) is 2. The Hall–Kier alpha value is -0.690. The van der Waals surface area contributed by atoms with Crippen molar-refractivity contribution >= 4 is 15.9 Å². The van der Waals surface area contributed by atoms with Crippen molar-refractivity contribution in [3.05, 3.63) is 0 Å². The number of rotatable bonds is 1. The van der Waals surface area contributed by atoms with Crippen LogP contribution in [0.2, 0.25) is 0 Å². The molecule has 1 aliphatic carbocycles. The first-order valence-corrected chi connectivity index (χ1v) is 8.78. The number of hydrogen-bond acceptors (Lipinski definition) is 3. The fraction of sp³-hybridized carbons (Fsp3) is 0.923. The summed E-state index contributed by atoms with van der Waals surface area (Å²) in [6.07, 6.45) is 2.47. The highest BCUT2D eigenvalue weighted by molar-refractivity contribution is 7.90. The van der Waals surface area contributed by atoms with Crippen LogP contribution in [-0.4, -0.2) is 61.1 Å². The maximum atomic E-state index is 14.2. The zero-order chi connectivity index (χ0) is 14.5. The van der Waals surface area contributed by atoms with Gasteiger partial charge < -0.3 is 4.90 Å². The predicted molar refractivity (Wildman–Crippen MR) is 72.3 cm³/mol. The van der Waals surface area contributed by atoms with Gasteiger partial charge in [-0.2, -0.15) is 0 Å². The van der Waals surface area contributed by atoms with Crippen LogP contribution in [-0.2, 0) is 14.8 Å². The van der Waals surface area contributed by atoms with Crippen LogP contribution < -0.4 is 0 Å². The Morgan fingerprint density at radius 2 is 1.90 bits per heavy atom. The Morgan fingerprint density at radius 3 is 2.50 bits per heavy atom. The Labute approximate surface area is 119 Å². The van der Waals surface area contributed by atoms with E-state index in [0.29, 0.717) is 45.3 Å². The summed E-state index contributed by atoms with van der Waals surface area (Å²) in [7, 11) is -1.61. The number of amides is 1. The number of halogens is 1. The molecule has 0 bridgehead atoms. The Kier molecular flexibility index (Phi) is 3.32. The van der Waals surface area contributed by atoms with E-state index in [0.717, 1.165) is 6.42 Å². The second kappa shape index (κ2) is 4.66. The molecule has 2 saturated heterocycles. The first kappa shape index (κ1) is 14.3.